The van der Waals surface area contributed by atoms with Crippen molar-refractivity contribution in [2.45, 2.75) is 13.3 Å². The summed E-state index contributed by atoms with van der Waals surface area (Å²) in [4.78, 5) is 8.15. The smallest absolute Gasteiger partial charge is 0.222 e. The molecule has 0 aliphatic heterocycles. The van der Waals surface area contributed by atoms with E-state index < -0.39 is 0 Å². The van der Waals surface area contributed by atoms with Crippen LogP contribution < -0.4 is 11.1 Å². The van der Waals surface area contributed by atoms with Crippen LogP contribution >= 0.6 is 0 Å². The van der Waals surface area contributed by atoms with Gasteiger partial charge in [-0.1, -0.05) is 30.3 Å². The highest BCUT2D eigenvalue weighted by atomic mass is 15.1. The van der Waals surface area contributed by atoms with E-state index in [0.29, 0.717) is 5.95 Å². The number of benzene rings is 1. The van der Waals surface area contributed by atoms with Crippen molar-refractivity contribution in [3.63, 3.8) is 0 Å². The molecule has 4 heteroatoms. The van der Waals surface area contributed by atoms with E-state index in [1.165, 1.54) is 5.56 Å². The summed E-state index contributed by atoms with van der Waals surface area (Å²) in [6.07, 6.45) is 0.962. The van der Waals surface area contributed by atoms with Gasteiger partial charge >= 0.3 is 0 Å². The normalized spacial score (nSPS) is 10.2. The molecule has 4 nitrogen and oxygen atoms in total. The van der Waals surface area contributed by atoms with Gasteiger partial charge in [0, 0.05) is 18.3 Å². The molecule has 0 radical (unpaired) electrons. The predicted molar refractivity (Wildman–Crippen MR) is 69.8 cm³/mol. The molecule has 3 N–H and O–H groups in total. The highest BCUT2D eigenvalue weighted by Crippen LogP contribution is 2.07. The van der Waals surface area contributed by atoms with Gasteiger partial charge in [0.1, 0.15) is 5.82 Å². The first-order chi connectivity index (χ1) is 8.24. The molecule has 88 valence electrons. The fourth-order valence-electron chi connectivity index (χ4n) is 1.66. The maximum absolute atomic E-state index is 5.58. The van der Waals surface area contributed by atoms with Gasteiger partial charge < -0.3 is 11.1 Å². The Hall–Kier alpha value is -2.10. The molecule has 1 aromatic heterocycles. The zero-order valence-corrected chi connectivity index (χ0v) is 9.85. The van der Waals surface area contributed by atoms with Crippen molar-refractivity contribution < 1.29 is 0 Å². The number of rotatable bonds is 4. The van der Waals surface area contributed by atoms with Gasteiger partial charge in [-0.2, -0.15) is 4.98 Å². The van der Waals surface area contributed by atoms with Crippen molar-refractivity contribution >= 4 is 11.8 Å². The highest BCUT2D eigenvalue weighted by molar-refractivity contribution is 5.40. The Morgan fingerprint density at radius 2 is 1.94 bits per heavy atom. The molecule has 17 heavy (non-hydrogen) atoms. The third kappa shape index (κ3) is 3.45. The first-order valence-electron chi connectivity index (χ1n) is 5.63. The number of nitrogens with zero attached hydrogens (tertiary/aromatic N) is 2. The van der Waals surface area contributed by atoms with E-state index in [1.807, 2.05) is 31.2 Å². The number of nitrogens with one attached hydrogen (secondary N) is 1. The number of nitrogens with two attached hydrogens (primary N) is 1. The Morgan fingerprint density at radius 1 is 1.18 bits per heavy atom. The average molecular weight is 228 g/mol. The zero-order chi connectivity index (χ0) is 12.1. The van der Waals surface area contributed by atoms with Gasteiger partial charge in [0.05, 0.1) is 0 Å². The quantitative estimate of drug-likeness (QED) is 0.840. The molecule has 0 saturated heterocycles. The van der Waals surface area contributed by atoms with E-state index in [1.54, 1.807) is 0 Å². The van der Waals surface area contributed by atoms with Crippen molar-refractivity contribution in [1.82, 2.24) is 9.97 Å². The van der Waals surface area contributed by atoms with Crippen molar-refractivity contribution in [1.29, 1.82) is 0 Å². The van der Waals surface area contributed by atoms with E-state index in [2.05, 4.69) is 27.4 Å². The minimum Gasteiger partial charge on any atom is -0.370 e. The SMILES string of the molecule is Cc1cc(NCCc2ccccc2)nc(N)n1. The van der Waals surface area contributed by atoms with Gasteiger partial charge in [0.15, 0.2) is 0 Å². The molecule has 0 saturated carbocycles. The second kappa shape index (κ2) is 5.30. The lowest BCUT2D eigenvalue weighted by Gasteiger charge is -2.06. The monoisotopic (exact) mass is 228 g/mol. The summed E-state index contributed by atoms with van der Waals surface area (Å²) in [5.74, 6) is 1.10. The van der Waals surface area contributed by atoms with Crippen LogP contribution in [0.25, 0.3) is 0 Å². The van der Waals surface area contributed by atoms with Crippen LogP contribution in [0.1, 0.15) is 11.3 Å². The summed E-state index contributed by atoms with van der Waals surface area (Å²) in [6, 6.07) is 12.2. The van der Waals surface area contributed by atoms with Crippen LogP contribution in [-0.2, 0) is 6.42 Å². The Balaban J connectivity index is 1.90. The molecule has 0 unspecified atom stereocenters. The van der Waals surface area contributed by atoms with Crippen molar-refractivity contribution in [3.05, 3.63) is 47.7 Å². The number of aromatic nitrogens is 2. The summed E-state index contributed by atoms with van der Waals surface area (Å²) in [6.45, 7) is 2.74. The topological polar surface area (TPSA) is 63.8 Å². The maximum Gasteiger partial charge on any atom is 0.222 e. The molecule has 0 atom stereocenters. The number of hydrogen-bond donors (Lipinski definition) is 2. The molecule has 1 aromatic carbocycles. The number of nitrogen functional groups attached to an aromatic ring is 1. The Morgan fingerprint density at radius 3 is 2.65 bits per heavy atom. The fourth-order valence-corrected chi connectivity index (χ4v) is 1.66. The average Bonchev–Trinajstić information content (AvgIpc) is 2.29. The van der Waals surface area contributed by atoms with E-state index in [4.69, 9.17) is 5.73 Å². The molecule has 0 aliphatic rings. The van der Waals surface area contributed by atoms with Crippen LogP contribution in [-0.4, -0.2) is 16.5 Å². The lowest BCUT2D eigenvalue weighted by molar-refractivity contribution is 0.996. The van der Waals surface area contributed by atoms with Crippen LogP contribution in [0.2, 0.25) is 0 Å². The first-order valence-corrected chi connectivity index (χ1v) is 5.63. The summed E-state index contributed by atoms with van der Waals surface area (Å²) >= 11 is 0. The van der Waals surface area contributed by atoms with E-state index in [9.17, 15) is 0 Å². The van der Waals surface area contributed by atoms with Crippen LogP contribution in [0.15, 0.2) is 36.4 Å². The van der Waals surface area contributed by atoms with Gasteiger partial charge in [-0.15, -0.1) is 0 Å². The molecule has 1 heterocycles. The summed E-state index contributed by atoms with van der Waals surface area (Å²) in [5.41, 5.74) is 7.76. The van der Waals surface area contributed by atoms with E-state index in [-0.39, 0.29) is 0 Å². The first kappa shape index (κ1) is 11.4. The number of hydrogen-bond acceptors (Lipinski definition) is 4. The van der Waals surface area contributed by atoms with Crippen LogP contribution in [0.5, 0.6) is 0 Å². The second-order valence-corrected chi connectivity index (χ2v) is 3.92. The minimum atomic E-state index is 0.312. The third-order valence-corrected chi connectivity index (χ3v) is 2.43. The van der Waals surface area contributed by atoms with Gasteiger partial charge in [-0.05, 0) is 18.9 Å². The molecule has 0 amide bonds. The molecule has 0 bridgehead atoms. The van der Waals surface area contributed by atoms with Crippen LogP contribution in [0.3, 0.4) is 0 Å². The molecular formula is C13H16N4. The summed E-state index contributed by atoms with van der Waals surface area (Å²) in [5, 5.41) is 3.24. The van der Waals surface area contributed by atoms with Gasteiger partial charge in [-0.3, -0.25) is 0 Å². The zero-order valence-electron chi connectivity index (χ0n) is 9.85. The van der Waals surface area contributed by atoms with Gasteiger partial charge in [-0.25, -0.2) is 4.98 Å². The largest absolute Gasteiger partial charge is 0.370 e. The standard InChI is InChI=1S/C13H16N4/c1-10-9-12(17-13(14)16-10)15-8-7-11-5-3-2-4-6-11/h2-6,9H,7-8H2,1H3,(H3,14,15,16,17). The molecular weight excluding hydrogens is 212 g/mol. The minimum absolute atomic E-state index is 0.312. The molecule has 2 rings (SSSR count). The van der Waals surface area contributed by atoms with E-state index in [0.717, 1.165) is 24.5 Å². The lowest BCUT2D eigenvalue weighted by Crippen LogP contribution is -2.08. The van der Waals surface area contributed by atoms with Crippen LogP contribution in [0.4, 0.5) is 11.8 Å². The number of anilines is 2. The van der Waals surface area contributed by atoms with Crippen LogP contribution in [0, 0.1) is 6.92 Å². The second-order valence-electron chi connectivity index (χ2n) is 3.92. The summed E-state index contributed by atoms with van der Waals surface area (Å²) in [7, 11) is 0. The third-order valence-electron chi connectivity index (χ3n) is 2.43. The summed E-state index contributed by atoms with van der Waals surface area (Å²) < 4.78 is 0. The molecule has 0 fully saturated rings. The fraction of sp³-hybridized carbons (Fsp3) is 0.231. The highest BCUT2D eigenvalue weighted by Gasteiger charge is 1.98. The van der Waals surface area contributed by atoms with Crippen molar-refractivity contribution in [2.24, 2.45) is 0 Å². The Bertz CT molecular complexity index is 462. The maximum atomic E-state index is 5.58. The van der Waals surface area contributed by atoms with Gasteiger partial charge in [0.2, 0.25) is 5.95 Å². The lowest BCUT2D eigenvalue weighted by atomic mass is 10.1. The Kier molecular flexibility index (Phi) is 3.55. The number of aryl methyl sites for hydroxylation is 1. The molecule has 0 spiro atoms. The molecule has 0 aliphatic carbocycles. The Labute approximate surface area is 101 Å². The van der Waals surface area contributed by atoms with Gasteiger partial charge in [0.25, 0.3) is 0 Å². The van der Waals surface area contributed by atoms with E-state index >= 15 is 0 Å². The van der Waals surface area contributed by atoms with Crippen molar-refractivity contribution in [2.75, 3.05) is 17.6 Å². The van der Waals surface area contributed by atoms with Crippen molar-refractivity contribution in [3.8, 4) is 0 Å². The predicted octanol–water partition coefficient (Wildman–Crippen LogP) is 2.02. The molecule has 2 aromatic rings.